The third-order valence-corrected chi connectivity index (χ3v) is 3.10. The Hall–Kier alpha value is -1.76. The molecule has 0 fully saturated rings. The van der Waals surface area contributed by atoms with E-state index in [9.17, 15) is 4.79 Å². The molecule has 7 heteroatoms. The average molecular weight is 253 g/mol. The zero-order chi connectivity index (χ0) is 12.3. The van der Waals surface area contributed by atoms with Gasteiger partial charge >= 0.3 is 5.97 Å². The molecule has 0 radical (unpaired) electrons. The molecule has 2 aromatic heterocycles. The maximum absolute atomic E-state index is 11.2. The summed E-state index contributed by atoms with van der Waals surface area (Å²) < 4.78 is 9.96. The van der Waals surface area contributed by atoms with Crippen molar-refractivity contribution in [1.82, 2.24) is 15.2 Å². The summed E-state index contributed by atoms with van der Waals surface area (Å²) in [6.45, 7) is 1.95. The number of aromatic nitrogens is 3. The molecule has 0 aliphatic rings. The quantitative estimate of drug-likeness (QED) is 0.663. The number of furan rings is 1. The van der Waals surface area contributed by atoms with Gasteiger partial charge in [0, 0.05) is 0 Å². The SMILES string of the molecule is COC(=O)c1ccc([C@H](C)Sc2ncn[nH]2)o1. The molecule has 0 saturated heterocycles. The first-order valence-electron chi connectivity index (χ1n) is 4.90. The van der Waals surface area contributed by atoms with Crippen molar-refractivity contribution in [2.24, 2.45) is 0 Å². The van der Waals surface area contributed by atoms with Crippen LogP contribution in [0.3, 0.4) is 0 Å². The summed E-state index contributed by atoms with van der Waals surface area (Å²) in [5, 5.41) is 7.23. The molecule has 0 saturated carbocycles. The Labute approximate surface area is 102 Å². The first kappa shape index (κ1) is 11.7. The molecule has 0 unspecified atom stereocenters. The van der Waals surface area contributed by atoms with Gasteiger partial charge in [-0.1, -0.05) is 11.8 Å². The highest BCUT2D eigenvalue weighted by atomic mass is 32.2. The smallest absolute Gasteiger partial charge is 0.373 e. The van der Waals surface area contributed by atoms with Crippen molar-refractivity contribution in [2.75, 3.05) is 7.11 Å². The topological polar surface area (TPSA) is 81.0 Å². The summed E-state index contributed by atoms with van der Waals surface area (Å²) in [6, 6.07) is 3.35. The van der Waals surface area contributed by atoms with E-state index in [2.05, 4.69) is 19.9 Å². The van der Waals surface area contributed by atoms with E-state index in [4.69, 9.17) is 4.42 Å². The molecule has 17 heavy (non-hydrogen) atoms. The standard InChI is InChI=1S/C10H11N3O3S/c1-6(17-10-11-5-12-13-10)7-3-4-8(16-7)9(14)15-2/h3-6H,1-2H3,(H,11,12,13)/t6-/m0/s1. The molecule has 1 atom stereocenters. The van der Waals surface area contributed by atoms with Crippen molar-refractivity contribution in [2.45, 2.75) is 17.3 Å². The van der Waals surface area contributed by atoms with Crippen LogP contribution in [0.1, 0.15) is 28.5 Å². The Morgan fingerprint density at radius 1 is 1.59 bits per heavy atom. The van der Waals surface area contributed by atoms with E-state index < -0.39 is 5.97 Å². The summed E-state index contributed by atoms with van der Waals surface area (Å²) in [4.78, 5) is 15.2. The van der Waals surface area contributed by atoms with E-state index in [-0.39, 0.29) is 11.0 Å². The minimum atomic E-state index is -0.479. The number of hydrogen-bond donors (Lipinski definition) is 1. The molecule has 0 bridgehead atoms. The Balaban J connectivity index is 2.07. The van der Waals surface area contributed by atoms with Gasteiger partial charge in [0.2, 0.25) is 5.76 Å². The Morgan fingerprint density at radius 3 is 3.06 bits per heavy atom. The number of carbonyl (C=O) groups excluding carboxylic acids is 1. The van der Waals surface area contributed by atoms with Crippen LogP contribution in [-0.2, 0) is 4.74 Å². The number of nitrogens with one attached hydrogen (secondary N) is 1. The molecular formula is C10H11N3O3S. The molecule has 1 N–H and O–H groups in total. The van der Waals surface area contributed by atoms with E-state index in [1.807, 2.05) is 6.92 Å². The average Bonchev–Trinajstić information content (AvgIpc) is 2.98. The number of esters is 1. The van der Waals surface area contributed by atoms with Gasteiger partial charge in [0.05, 0.1) is 12.4 Å². The minimum Gasteiger partial charge on any atom is -0.463 e. The van der Waals surface area contributed by atoms with Gasteiger partial charge in [0.1, 0.15) is 12.1 Å². The van der Waals surface area contributed by atoms with Crippen molar-refractivity contribution >= 4 is 17.7 Å². The molecule has 90 valence electrons. The fourth-order valence-electron chi connectivity index (χ4n) is 1.26. The van der Waals surface area contributed by atoms with Crippen molar-refractivity contribution in [1.29, 1.82) is 0 Å². The number of ether oxygens (including phenoxy) is 1. The monoisotopic (exact) mass is 253 g/mol. The Bertz CT molecular complexity index is 495. The lowest BCUT2D eigenvalue weighted by Gasteiger charge is -2.04. The molecule has 0 aromatic carbocycles. The van der Waals surface area contributed by atoms with Gasteiger partial charge < -0.3 is 9.15 Å². The van der Waals surface area contributed by atoms with Crippen molar-refractivity contribution in [3.05, 3.63) is 30.0 Å². The third kappa shape index (κ3) is 2.68. The lowest BCUT2D eigenvalue weighted by molar-refractivity contribution is 0.0563. The van der Waals surface area contributed by atoms with Crippen LogP contribution in [0.15, 0.2) is 28.0 Å². The van der Waals surface area contributed by atoms with Crippen molar-refractivity contribution < 1.29 is 13.9 Å². The van der Waals surface area contributed by atoms with E-state index in [1.165, 1.54) is 25.2 Å². The molecule has 0 amide bonds. The molecular weight excluding hydrogens is 242 g/mol. The van der Waals surface area contributed by atoms with Gasteiger partial charge in [-0.25, -0.2) is 9.78 Å². The highest BCUT2D eigenvalue weighted by Gasteiger charge is 2.16. The number of thioether (sulfide) groups is 1. The van der Waals surface area contributed by atoms with E-state index in [0.29, 0.717) is 10.9 Å². The molecule has 2 rings (SSSR count). The van der Waals surface area contributed by atoms with Gasteiger partial charge in [-0.2, -0.15) is 5.10 Å². The van der Waals surface area contributed by atoms with Crippen LogP contribution in [-0.4, -0.2) is 28.3 Å². The molecule has 6 nitrogen and oxygen atoms in total. The first-order chi connectivity index (χ1) is 8.20. The second-order valence-electron chi connectivity index (χ2n) is 3.24. The first-order valence-corrected chi connectivity index (χ1v) is 5.78. The Morgan fingerprint density at radius 2 is 2.41 bits per heavy atom. The molecule has 2 aromatic rings. The fourth-order valence-corrected chi connectivity index (χ4v) is 2.05. The van der Waals surface area contributed by atoms with Crippen LogP contribution >= 0.6 is 11.8 Å². The third-order valence-electron chi connectivity index (χ3n) is 2.10. The van der Waals surface area contributed by atoms with Crippen LogP contribution in [0, 0.1) is 0 Å². The zero-order valence-corrected chi connectivity index (χ0v) is 10.2. The zero-order valence-electron chi connectivity index (χ0n) is 9.34. The Kier molecular flexibility index (Phi) is 3.48. The number of methoxy groups -OCH3 is 1. The summed E-state index contributed by atoms with van der Waals surface area (Å²) in [5.41, 5.74) is 0. The number of nitrogens with zero attached hydrogens (tertiary/aromatic N) is 2. The lowest BCUT2D eigenvalue weighted by Crippen LogP contribution is -1.98. The predicted molar refractivity (Wildman–Crippen MR) is 60.7 cm³/mol. The fraction of sp³-hybridized carbons (Fsp3) is 0.300. The van der Waals surface area contributed by atoms with Gasteiger partial charge in [-0.15, -0.1) is 0 Å². The van der Waals surface area contributed by atoms with Crippen LogP contribution in [0.5, 0.6) is 0 Å². The normalized spacial score (nSPS) is 12.4. The lowest BCUT2D eigenvalue weighted by atomic mass is 10.3. The predicted octanol–water partition coefficient (Wildman–Crippen LogP) is 2.04. The van der Waals surface area contributed by atoms with Gasteiger partial charge in [0.25, 0.3) is 0 Å². The highest BCUT2D eigenvalue weighted by molar-refractivity contribution is 7.99. The van der Waals surface area contributed by atoms with Crippen LogP contribution in [0.25, 0.3) is 0 Å². The number of aromatic amines is 1. The second-order valence-corrected chi connectivity index (χ2v) is 4.57. The summed E-state index contributed by atoms with van der Waals surface area (Å²) in [7, 11) is 1.32. The van der Waals surface area contributed by atoms with E-state index in [1.54, 1.807) is 12.1 Å². The molecule has 0 aliphatic carbocycles. The number of H-pyrrole nitrogens is 1. The van der Waals surface area contributed by atoms with E-state index >= 15 is 0 Å². The van der Waals surface area contributed by atoms with Crippen LogP contribution in [0.2, 0.25) is 0 Å². The molecule has 2 heterocycles. The highest BCUT2D eigenvalue weighted by Crippen LogP contribution is 2.33. The van der Waals surface area contributed by atoms with E-state index in [0.717, 1.165) is 0 Å². The maximum atomic E-state index is 11.2. The number of hydrogen-bond acceptors (Lipinski definition) is 6. The number of carbonyl (C=O) groups is 1. The van der Waals surface area contributed by atoms with Crippen molar-refractivity contribution in [3.8, 4) is 0 Å². The maximum Gasteiger partial charge on any atom is 0.373 e. The largest absolute Gasteiger partial charge is 0.463 e. The second kappa shape index (κ2) is 5.05. The van der Waals surface area contributed by atoms with Gasteiger partial charge in [-0.05, 0) is 19.1 Å². The summed E-state index contributed by atoms with van der Waals surface area (Å²) in [6.07, 6.45) is 1.44. The van der Waals surface area contributed by atoms with Crippen molar-refractivity contribution in [3.63, 3.8) is 0 Å². The molecule has 0 spiro atoms. The van der Waals surface area contributed by atoms with Crippen LogP contribution in [0.4, 0.5) is 0 Å². The minimum absolute atomic E-state index is 0.0290. The summed E-state index contributed by atoms with van der Waals surface area (Å²) in [5.74, 6) is 0.410. The van der Waals surface area contributed by atoms with Gasteiger partial charge in [0.15, 0.2) is 5.16 Å². The summed E-state index contributed by atoms with van der Waals surface area (Å²) >= 11 is 1.46. The van der Waals surface area contributed by atoms with Crippen LogP contribution < -0.4 is 0 Å². The molecule has 0 aliphatic heterocycles. The van der Waals surface area contributed by atoms with Gasteiger partial charge in [-0.3, -0.25) is 5.10 Å². The number of rotatable bonds is 4.